The second-order valence-corrected chi connectivity index (χ2v) is 12.9. The lowest BCUT2D eigenvalue weighted by Crippen LogP contribution is -2.48. The van der Waals surface area contributed by atoms with Crippen molar-refractivity contribution in [3.63, 3.8) is 0 Å². The molecule has 6 aliphatic rings. The summed E-state index contributed by atoms with van der Waals surface area (Å²) in [4.78, 5) is 0. The van der Waals surface area contributed by atoms with Gasteiger partial charge in [-0.2, -0.15) is 0 Å². The molecule has 30 heavy (non-hydrogen) atoms. The molecule has 4 aliphatic carbocycles. The van der Waals surface area contributed by atoms with Gasteiger partial charge in [0.15, 0.2) is 0 Å². The zero-order chi connectivity index (χ0) is 20.7. The lowest BCUT2D eigenvalue weighted by atomic mass is 9.52. The Kier molecular flexibility index (Phi) is 4.78. The zero-order valence-corrected chi connectivity index (χ0v) is 20.0. The molecule has 2 saturated heterocycles. The van der Waals surface area contributed by atoms with Gasteiger partial charge in [-0.25, -0.2) is 0 Å². The molecular formula is C28H45NO. The molecule has 0 bridgehead atoms. The van der Waals surface area contributed by atoms with E-state index in [-0.39, 0.29) is 5.60 Å². The van der Waals surface area contributed by atoms with E-state index in [1.807, 2.05) is 5.57 Å². The number of piperidine rings is 1. The Morgan fingerprint density at radius 1 is 1.03 bits per heavy atom. The summed E-state index contributed by atoms with van der Waals surface area (Å²) < 4.78 is 7.04. The quantitative estimate of drug-likeness (QED) is 0.459. The number of ether oxygens (including phenoxy) is 1. The van der Waals surface area contributed by atoms with Gasteiger partial charge in [-0.3, -0.25) is 0 Å². The lowest BCUT2D eigenvalue weighted by molar-refractivity contribution is -0.0742. The van der Waals surface area contributed by atoms with Crippen molar-refractivity contribution in [3.05, 3.63) is 11.1 Å². The zero-order valence-electron chi connectivity index (χ0n) is 20.0. The smallest absolute Gasteiger partial charge is 0.0765 e. The highest BCUT2D eigenvalue weighted by molar-refractivity contribution is 5.29. The van der Waals surface area contributed by atoms with Crippen LogP contribution in [0.2, 0.25) is 0 Å². The van der Waals surface area contributed by atoms with Crippen LogP contribution in [0.3, 0.4) is 0 Å². The maximum atomic E-state index is 7.04. The van der Waals surface area contributed by atoms with E-state index in [1.165, 1.54) is 77.2 Å². The molecule has 3 saturated carbocycles. The number of nitrogens with one attached hydrogen (secondary N) is 1. The SMILES string of the molecule is CC1=C2C[C@H]3[C@@H](CCC4CCCC[C@@]43C)[C@@H]2CC[C@@]2(C1)OC1C[C@H](C)CN[C@H]1[C@H]2C. The van der Waals surface area contributed by atoms with Gasteiger partial charge in [-0.15, -0.1) is 0 Å². The molecule has 6 rings (SSSR count). The van der Waals surface area contributed by atoms with Crippen LogP contribution in [0, 0.1) is 40.9 Å². The third-order valence-electron chi connectivity index (χ3n) is 11.6. The number of hydrogen-bond acceptors (Lipinski definition) is 2. The Balaban J connectivity index is 1.28. The Labute approximate surface area is 185 Å². The first-order valence-electron chi connectivity index (χ1n) is 13.5. The predicted octanol–water partition coefficient (Wildman–Crippen LogP) is 6.50. The normalized spacial score (nSPS) is 55.6. The molecular weight excluding hydrogens is 366 g/mol. The third kappa shape index (κ3) is 2.81. The molecule has 0 aromatic rings. The molecule has 2 nitrogen and oxygen atoms in total. The lowest BCUT2D eigenvalue weighted by Gasteiger charge is -2.52. The van der Waals surface area contributed by atoms with E-state index in [4.69, 9.17) is 4.74 Å². The first-order chi connectivity index (χ1) is 14.4. The maximum absolute atomic E-state index is 7.04. The van der Waals surface area contributed by atoms with Crippen LogP contribution in [0.1, 0.15) is 98.3 Å². The molecule has 0 amide bonds. The Morgan fingerprint density at radius 2 is 1.90 bits per heavy atom. The predicted molar refractivity (Wildman–Crippen MR) is 123 cm³/mol. The van der Waals surface area contributed by atoms with Crippen molar-refractivity contribution in [2.45, 2.75) is 116 Å². The topological polar surface area (TPSA) is 21.3 Å². The number of rotatable bonds is 0. The van der Waals surface area contributed by atoms with E-state index >= 15 is 0 Å². The first kappa shape index (κ1) is 20.3. The summed E-state index contributed by atoms with van der Waals surface area (Å²) in [7, 11) is 0. The van der Waals surface area contributed by atoms with Gasteiger partial charge in [-0.1, -0.05) is 44.8 Å². The van der Waals surface area contributed by atoms with E-state index in [1.54, 1.807) is 5.57 Å². The van der Waals surface area contributed by atoms with Crippen LogP contribution in [0.15, 0.2) is 11.1 Å². The van der Waals surface area contributed by atoms with Gasteiger partial charge >= 0.3 is 0 Å². The van der Waals surface area contributed by atoms with E-state index < -0.39 is 0 Å². The standard InChI is InChI=1S/C28H45NO/c1-17-13-25-26(29-16-17)19(3)28(30-25)12-10-21-22-9-8-20-7-5-6-11-27(20,4)24(22)14-23(21)18(2)15-28/h17,19-22,24-26,29H,5-16H2,1-4H3/t17-,19+,20?,21-,22-,24-,25?,26-,27-,28-/m0/s1. The van der Waals surface area contributed by atoms with Gasteiger partial charge in [0.25, 0.3) is 0 Å². The molecule has 5 fully saturated rings. The summed E-state index contributed by atoms with van der Waals surface area (Å²) in [6, 6.07) is 0.585. The fourth-order valence-electron chi connectivity index (χ4n) is 9.86. The van der Waals surface area contributed by atoms with Crippen LogP contribution in [-0.4, -0.2) is 24.3 Å². The van der Waals surface area contributed by atoms with Crippen molar-refractivity contribution in [1.29, 1.82) is 0 Å². The number of hydrogen-bond donors (Lipinski definition) is 1. The Morgan fingerprint density at radius 3 is 2.77 bits per heavy atom. The van der Waals surface area contributed by atoms with Crippen molar-refractivity contribution in [3.8, 4) is 0 Å². The Bertz CT molecular complexity index is 728. The van der Waals surface area contributed by atoms with Crippen LogP contribution in [0.5, 0.6) is 0 Å². The van der Waals surface area contributed by atoms with Gasteiger partial charge in [0.05, 0.1) is 11.7 Å². The Hall–Kier alpha value is -0.340. The van der Waals surface area contributed by atoms with Gasteiger partial charge in [0, 0.05) is 12.0 Å². The van der Waals surface area contributed by atoms with Crippen LogP contribution in [0.4, 0.5) is 0 Å². The second kappa shape index (κ2) is 7.08. The third-order valence-corrected chi connectivity index (χ3v) is 11.6. The highest BCUT2D eigenvalue weighted by atomic mass is 16.5. The average Bonchev–Trinajstić information content (AvgIpc) is 3.18. The van der Waals surface area contributed by atoms with Crippen molar-refractivity contribution in [2.24, 2.45) is 40.9 Å². The summed E-state index contributed by atoms with van der Waals surface area (Å²) in [5.74, 6) is 5.25. The molecule has 2 heterocycles. The van der Waals surface area contributed by atoms with E-state index in [0.717, 1.165) is 29.6 Å². The summed E-state index contributed by atoms with van der Waals surface area (Å²) in [5.41, 5.74) is 4.39. The monoisotopic (exact) mass is 411 g/mol. The minimum Gasteiger partial charge on any atom is -0.369 e. The van der Waals surface area contributed by atoms with Crippen molar-refractivity contribution >= 4 is 0 Å². The van der Waals surface area contributed by atoms with Crippen LogP contribution >= 0.6 is 0 Å². The average molecular weight is 412 g/mol. The van der Waals surface area contributed by atoms with E-state index in [2.05, 4.69) is 33.0 Å². The van der Waals surface area contributed by atoms with Crippen molar-refractivity contribution in [2.75, 3.05) is 6.54 Å². The van der Waals surface area contributed by atoms with Crippen LogP contribution in [-0.2, 0) is 4.74 Å². The molecule has 2 heteroatoms. The highest BCUT2D eigenvalue weighted by Crippen LogP contribution is 2.65. The first-order valence-corrected chi connectivity index (χ1v) is 13.5. The van der Waals surface area contributed by atoms with Gasteiger partial charge < -0.3 is 10.1 Å². The fraction of sp³-hybridized carbons (Fsp3) is 0.929. The molecule has 10 atom stereocenters. The molecule has 0 aromatic heterocycles. The number of fused-ring (bicyclic) bond motifs is 6. The van der Waals surface area contributed by atoms with Gasteiger partial charge in [-0.05, 0) is 106 Å². The molecule has 1 N–H and O–H groups in total. The highest BCUT2D eigenvalue weighted by Gasteiger charge is 2.58. The number of allylic oxidation sites excluding steroid dienone is 1. The van der Waals surface area contributed by atoms with E-state index in [9.17, 15) is 0 Å². The van der Waals surface area contributed by atoms with Crippen LogP contribution < -0.4 is 5.32 Å². The summed E-state index contributed by atoms with van der Waals surface area (Å²) in [6.07, 6.45) is 16.1. The molecule has 1 spiro atoms. The molecule has 2 unspecified atom stereocenters. The van der Waals surface area contributed by atoms with Crippen molar-refractivity contribution in [1.82, 2.24) is 5.32 Å². The van der Waals surface area contributed by atoms with Gasteiger partial charge in [0.1, 0.15) is 0 Å². The molecule has 2 aliphatic heterocycles. The minimum atomic E-state index is 0.106. The van der Waals surface area contributed by atoms with E-state index in [0.29, 0.717) is 23.5 Å². The second-order valence-electron chi connectivity index (χ2n) is 12.9. The summed E-state index contributed by atoms with van der Waals surface area (Å²) in [5, 5.41) is 3.88. The van der Waals surface area contributed by atoms with Crippen LogP contribution in [0.25, 0.3) is 0 Å². The molecule has 0 aromatic carbocycles. The van der Waals surface area contributed by atoms with Gasteiger partial charge in [0.2, 0.25) is 0 Å². The maximum Gasteiger partial charge on any atom is 0.0765 e. The fourth-order valence-corrected chi connectivity index (χ4v) is 9.86. The minimum absolute atomic E-state index is 0.106. The largest absolute Gasteiger partial charge is 0.369 e. The summed E-state index contributed by atoms with van der Waals surface area (Å²) >= 11 is 0. The molecule has 168 valence electrons. The molecule has 0 radical (unpaired) electrons. The van der Waals surface area contributed by atoms with Crippen molar-refractivity contribution < 1.29 is 4.74 Å². The summed E-state index contributed by atoms with van der Waals surface area (Å²) in [6.45, 7) is 11.3.